The van der Waals surface area contributed by atoms with Crippen molar-refractivity contribution in [1.82, 2.24) is 0 Å². The van der Waals surface area contributed by atoms with Gasteiger partial charge in [0, 0.05) is 26.4 Å². The molecular weight excluding hydrogens is 468 g/mol. The molecule has 2 nitrogen and oxygen atoms in total. The van der Waals surface area contributed by atoms with Crippen LogP contribution in [0.3, 0.4) is 0 Å². The van der Waals surface area contributed by atoms with Crippen LogP contribution in [0, 0.1) is 0 Å². The molecule has 0 radical (unpaired) electrons. The van der Waals surface area contributed by atoms with Gasteiger partial charge in [-0.25, -0.2) is 0 Å². The predicted molar refractivity (Wildman–Crippen MR) is 118 cm³/mol. The third kappa shape index (κ3) is 5.44. The van der Waals surface area contributed by atoms with Gasteiger partial charge in [-0.1, -0.05) is 63.0 Å². The van der Waals surface area contributed by atoms with E-state index in [-0.39, 0.29) is 12.0 Å². The number of halogens is 2. The number of hydrogen-bond donors (Lipinski definition) is 1. The summed E-state index contributed by atoms with van der Waals surface area (Å²) in [6, 6.07) is 16.9. The van der Waals surface area contributed by atoms with E-state index < -0.39 is 0 Å². The quantitative estimate of drug-likeness (QED) is 0.451. The molecule has 0 saturated heterocycles. The molecular formula is C23H28Br2O2. The van der Waals surface area contributed by atoms with Crippen LogP contribution in [-0.4, -0.2) is 24.9 Å². The first kappa shape index (κ1) is 21.0. The van der Waals surface area contributed by atoms with Crippen LogP contribution in [-0.2, 0) is 15.6 Å². The zero-order valence-electron chi connectivity index (χ0n) is 15.9. The molecule has 0 bridgehead atoms. The van der Waals surface area contributed by atoms with Gasteiger partial charge in [-0.2, -0.15) is 0 Å². The number of ether oxygens (including phenoxy) is 1. The second kappa shape index (κ2) is 9.21. The lowest BCUT2D eigenvalue weighted by Gasteiger charge is -2.15. The molecule has 146 valence electrons. The lowest BCUT2D eigenvalue weighted by atomic mass is 9.97. The Hall–Kier alpha value is -0.680. The Labute approximate surface area is 179 Å². The fourth-order valence-electron chi connectivity index (χ4n) is 3.37. The van der Waals surface area contributed by atoms with Gasteiger partial charge < -0.3 is 9.84 Å². The Balaban J connectivity index is 0.000000159. The van der Waals surface area contributed by atoms with Crippen molar-refractivity contribution in [2.75, 3.05) is 19.8 Å². The first-order valence-electron chi connectivity index (χ1n) is 9.74. The summed E-state index contributed by atoms with van der Waals surface area (Å²) in [6.45, 7) is 4.22. The van der Waals surface area contributed by atoms with Gasteiger partial charge >= 0.3 is 0 Å². The van der Waals surface area contributed by atoms with Crippen LogP contribution in [0.25, 0.3) is 0 Å². The Morgan fingerprint density at radius 3 is 1.63 bits per heavy atom. The summed E-state index contributed by atoms with van der Waals surface area (Å²) >= 11 is 6.86. The van der Waals surface area contributed by atoms with Crippen LogP contribution in [0.1, 0.15) is 50.2 Å². The SMILES string of the molecule is CCCOCC1(c2ccc(Br)cc2)CC1.OCC1(c2ccc(Br)cc2)CC1. The lowest BCUT2D eigenvalue weighted by molar-refractivity contribution is 0.114. The van der Waals surface area contributed by atoms with Gasteiger partial charge in [0.2, 0.25) is 0 Å². The lowest BCUT2D eigenvalue weighted by Crippen LogP contribution is -2.15. The fourth-order valence-corrected chi connectivity index (χ4v) is 3.90. The van der Waals surface area contributed by atoms with Crippen LogP contribution >= 0.6 is 31.9 Å². The van der Waals surface area contributed by atoms with Gasteiger partial charge in [0.05, 0.1) is 13.2 Å². The Kier molecular flexibility index (Phi) is 7.18. The minimum absolute atomic E-state index is 0.112. The summed E-state index contributed by atoms with van der Waals surface area (Å²) in [5.74, 6) is 0. The number of hydrogen-bond acceptors (Lipinski definition) is 2. The normalized spacial score (nSPS) is 18.4. The smallest absolute Gasteiger partial charge is 0.0562 e. The molecule has 4 heteroatoms. The first-order valence-corrected chi connectivity index (χ1v) is 11.3. The largest absolute Gasteiger partial charge is 0.395 e. The van der Waals surface area contributed by atoms with Crippen LogP contribution in [0.4, 0.5) is 0 Å². The average Bonchev–Trinajstić information content (AvgIpc) is 3.60. The molecule has 2 aliphatic rings. The molecule has 2 aromatic rings. The monoisotopic (exact) mass is 494 g/mol. The van der Waals surface area contributed by atoms with Crippen LogP contribution in [0.2, 0.25) is 0 Å². The summed E-state index contributed by atoms with van der Waals surface area (Å²) in [5.41, 5.74) is 3.16. The predicted octanol–water partition coefficient (Wildman–Crippen LogP) is 6.38. The van der Waals surface area contributed by atoms with Gasteiger partial charge in [0.1, 0.15) is 0 Å². The maximum absolute atomic E-state index is 9.17. The van der Waals surface area contributed by atoms with E-state index in [1.807, 2.05) is 12.1 Å². The highest BCUT2D eigenvalue weighted by molar-refractivity contribution is 9.10. The standard InChI is InChI=1S/C13H17BrO.C10H11BrO/c1-2-9-15-10-13(7-8-13)11-3-5-12(14)6-4-11;11-9-3-1-8(2-4-9)10(7-12)5-6-10/h3-6H,2,7-10H2,1H3;1-4,12H,5-7H2. The van der Waals surface area contributed by atoms with Crippen molar-refractivity contribution in [2.45, 2.75) is 49.9 Å². The molecule has 0 unspecified atom stereocenters. The van der Waals surface area contributed by atoms with Gasteiger partial charge in [-0.15, -0.1) is 0 Å². The third-order valence-electron chi connectivity index (χ3n) is 5.65. The second-order valence-corrected chi connectivity index (χ2v) is 9.62. The van der Waals surface area contributed by atoms with E-state index in [0.717, 1.165) is 41.4 Å². The van der Waals surface area contributed by atoms with Crippen molar-refractivity contribution in [3.8, 4) is 0 Å². The number of aliphatic hydroxyl groups excluding tert-OH is 1. The molecule has 4 rings (SSSR count). The van der Waals surface area contributed by atoms with E-state index in [0.29, 0.717) is 5.41 Å². The van der Waals surface area contributed by atoms with Gasteiger partial charge in [0.15, 0.2) is 0 Å². The minimum atomic E-state index is 0.112. The van der Waals surface area contributed by atoms with E-state index in [1.54, 1.807) is 0 Å². The highest BCUT2D eigenvalue weighted by Crippen LogP contribution is 2.49. The van der Waals surface area contributed by atoms with Crippen molar-refractivity contribution in [2.24, 2.45) is 0 Å². The molecule has 0 aliphatic heterocycles. The summed E-state index contributed by atoms with van der Waals surface area (Å²) in [6.07, 6.45) is 5.92. The molecule has 0 atom stereocenters. The summed E-state index contributed by atoms with van der Waals surface area (Å²) in [4.78, 5) is 0. The van der Waals surface area contributed by atoms with Gasteiger partial charge in [-0.3, -0.25) is 0 Å². The number of rotatable bonds is 7. The number of benzene rings is 2. The maximum Gasteiger partial charge on any atom is 0.0562 e. The summed E-state index contributed by atoms with van der Waals surface area (Å²) in [5, 5.41) is 9.17. The van der Waals surface area contributed by atoms with Crippen molar-refractivity contribution >= 4 is 31.9 Å². The van der Waals surface area contributed by atoms with E-state index in [1.165, 1.54) is 24.0 Å². The molecule has 2 aromatic carbocycles. The highest BCUT2D eigenvalue weighted by Gasteiger charge is 2.44. The second-order valence-electron chi connectivity index (χ2n) is 7.79. The summed E-state index contributed by atoms with van der Waals surface area (Å²) < 4.78 is 7.93. The van der Waals surface area contributed by atoms with Crippen LogP contribution < -0.4 is 0 Å². The van der Waals surface area contributed by atoms with Crippen molar-refractivity contribution in [1.29, 1.82) is 0 Å². The first-order chi connectivity index (χ1) is 13.0. The fraction of sp³-hybridized carbons (Fsp3) is 0.478. The Morgan fingerprint density at radius 2 is 1.26 bits per heavy atom. The van der Waals surface area contributed by atoms with E-state index in [2.05, 4.69) is 75.2 Å². The molecule has 0 amide bonds. The average molecular weight is 496 g/mol. The topological polar surface area (TPSA) is 29.5 Å². The van der Waals surface area contributed by atoms with Crippen LogP contribution in [0.5, 0.6) is 0 Å². The van der Waals surface area contributed by atoms with Gasteiger partial charge in [0.25, 0.3) is 0 Å². The molecule has 0 heterocycles. The zero-order valence-corrected chi connectivity index (χ0v) is 19.1. The van der Waals surface area contributed by atoms with Crippen molar-refractivity contribution in [3.05, 3.63) is 68.6 Å². The zero-order chi connectivity index (χ0) is 19.3. The van der Waals surface area contributed by atoms with E-state index in [4.69, 9.17) is 9.84 Å². The van der Waals surface area contributed by atoms with Crippen molar-refractivity contribution in [3.63, 3.8) is 0 Å². The molecule has 0 aromatic heterocycles. The molecule has 1 N–H and O–H groups in total. The number of aliphatic hydroxyl groups is 1. The molecule has 2 fully saturated rings. The summed E-state index contributed by atoms with van der Waals surface area (Å²) in [7, 11) is 0. The molecule has 2 saturated carbocycles. The van der Waals surface area contributed by atoms with Crippen LogP contribution in [0.15, 0.2) is 57.5 Å². The minimum Gasteiger partial charge on any atom is -0.395 e. The Bertz CT molecular complexity index is 717. The van der Waals surface area contributed by atoms with Gasteiger partial charge in [-0.05, 0) is 67.5 Å². The molecule has 27 heavy (non-hydrogen) atoms. The molecule has 2 aliphatic carbocycles. The van der Waals surface area contributed by atoms with E-state index >= 15 is 0 Å². The van der Waals surface area contributed by atoms with Crippen molar-refractivity contribution < 1.29 is 9.84 Å². The molecule has 0 spiro atoms. The Morgan fingerprint density at radius 1 is 0.815 bits per heavy atom. The highest BCUT2D eigenvalue weighted by atomic mass is 79.9. The third-order valence-corrected chi connectivity index (χ3v) is 6.71. The maximum atomic E-state index is 9.17. The van der Waals surface area contributed by atoms with E-state index in [9.17, 15) is 0 Å².